The van der Waals surface area contributed by atoms with Crippen LogP contribution in [0.25, 0.3) is 0 Å². The number of urea groups is 2. The number of nitrogens with zero attached hydrogens (tertiary/aromatic N) is 1. The molecule has 3 aliphatic rings. The zero-order valence-electron chi connectivity index (χ0n) is 15.9. The largest absolute Gasteiger partial charge is 0.463 e. The van der Waals surface area contributed by atoms with Crippen molar-refractivity contribution in [1.82, 2.24) is 20.9 Å². The summed E-state index contributed by atoms with van der Waals surface area (Å²) in [4.78, 5) is 51.0. The monoisotopic (exact) mass is 378 g/mol. The highest BCUT2D eigenvalue weighted by atomic mass is 16.5. The van der Waals surface area contributed by atoms with Crippen LogP contribution in [0.1, 0.15) is 46.5 Å². The molecule has 0 aromatic carbocycles. The van der Waals surface area contributed by atoms with Crippen molar-refractivity contribution in [3.63, 3.8) is 0 Å². The number of hydrogen-bond donors (Lipinski definition) is 3. The number of nitrogens with one attached hydrogen (secondary N) is 3. The predicted molar refractivity (Wildman–Crippen MR) is 95.4 cm³/mol. The fourth-order valence-electron chi connectivity index (χ4n) is 4.20. The molecule has 0 radical (unpaired) electrons. The summed E-state index contributed by atoms with van der Waals surface area (Å²) in [7, 11) is 0. The lowest BCUT2D eigenvalue weighted by molar-refractivity contribution is -0.139. The van der Waals surface area contributed by atoms with Gasteiger partial charge in [0.25, 0.3) is 5.91 Å². The van der Waals surface area contributed by atoms with Gasteiger partial charge in [0.2, 0.25) is 0 Å². The SMILES string of the molecule is CCOC(=O)C1=C(CN2C(=O)N[C@]3(CCCC[C@@H]3C)C2=O)NC(=O)N[C@H]1C. The van der Waals surface area contributed by atoms with Crippen molar-refractivity contribution in [2.45, 2.75) is 58.0 Å². The standard InChI is InChI=1S/C18H26N4O5/c1-4-27-14(23)13-11(3)19-16(25)20-12(13)9-22-15(24)18(21-17(22)26)8-6-5-7-10(18)2/h10-11H,4-9H2,1-3H3,(H,21,26)(H2,19,20,25)/t10-,11-,18-/m0/s1. The average Bonchev–Trinajstić information content (AvgIpc) is 2.82. The second-order valence-electron chi connectivity index (χ2n) is 7.37. The maximum atomic E-state index is 13.1. The molecule has 3 rings (SSSR count). The molecular formula is C18H26N4O5. The molecule has 0 unspecified atom stereocenters. The molecule has 5 amide bonds. The Balaban J connectivity index is 1.90. The molecule has 1 saturated heterocycles. The van der Waals surface area contributed by atoms with Crippen LogP contribution in [0.15, 0.2) is 11.3 Å². The van der Waals surface area contributed by atoms with Crippen molar-refractivity contribution >= 4 is 23.9 Å². The molecule has 3 atom stereocenters. The zero-order chi connectivity index (χ0) is 19.8. The van der Waals surface area contributed by atoms with Crippen LogP contribution in [0.4, 0.5) is 9.59 Å². The topological polar surface area (TPSA) is 117 Å². The van der Waals surface area contributed by atoms with E-state index >= 15 is 0 Å². The van der Waals surface area contributed by atoms with Gasteiger partial charge in [0.15, 0.2) is 0 Å². The summed E-state index contributed by atoms with van der Waals surface area (Å²) in [5, 5.41) is 8.03. The van der Waals surface area contributed by atoms with Crippen LogP contribution in [0, 0.1) is 5.92 Å². The zero-order valence-corrected chi connectivity index (χ0v) is 15.9. The maximum absolute atomic E-state index is 13.1. The Kier molecular flexibility index (Phi) is 5.12. The lowest BCUT2D eigenvalue weighted by Gasteiger charge is -2.37. The van der Waals surface area contributed by atoms with Crippen LogP contribution in [0.2, 0.25) is 0 Å². The summed E-state index contributed by atoms with van der Waals surface area (Å²) in [6, 6.07) is -1.57. The Morgan fingerprint density at radius 1 is 1.26 bits per heavy atom. The van der Waals surface area contributed by atoms with Gasteiger partial charge in [-0.25, -0.2) is 14.4 Å². The van der Waals surface area contributed by atoms with E-state index < -0.39 is 29.6 Å². The number of carbonyl (C=O) groups is 4. The van der Waals surface area contributed by atoms with Crippen LogP contribution in [0.3, 0.4) is 0 Å². The Bertz CT molecular complexity index is 719. The van der Waals surface area contributed by atoms with Gasteiger partial charge in [-0.05, 0) is 32.6 Å². The highest BCUT2D eigenvalue weighted by Crippen LogP contribution is 2.38. The van der Waals surface area contributed by atoms with Gasteiger partial charge in [0.1, 0.15) is 5.54 Å². The second-order valence-corrected chi connectivity index (χ2v) is 7.37. The number of imide groups is 1. The molecule has 9 heteroatoms. The van der Waals surface area contributed by atoms with Gasteiger partial charge >= 0.3 is 18.0 Å². The molecule has 0 aromatic heterocycles. The molecule has 2 fully saturated rings. The minimum atomic E-state index is -0.886. The predicted octanol–water partition coefficient (Wildman–Crippen LogP) is 1.01. The third-order valence-electron chi connectivity index (χ3n) is 5.68. The third kappa shape index (κ3) is 3.26. The molecule has 2 heterocycles. The van der Waals surface area contributed by atoms with Crippen molar-refractivity contribution in [2.75, 3.05) is 13.2 Å². The number of amides is 5. The molecule has 27 heavy (non-hydrogen) atoms. The van der Waals surface area contributed by atoms with Gasteiger partial charge in [-0.1, -0.05) is 19.8 Å². The minimum Gasteiger partial charge on any atom is -0.463 e. The molecule has 1 spiro atoms. The van der Waals surface area contributed by atoms with Gasteiger partial charge in [-0.3, -0.25) is 9.69 Å². The van der Waals surface area contributed by atoms with E-state index in [1.54, 1.807) is 13.8 Å². The van der Waals surface area contributed by atoms with E-state index in [1.807, 2.05) is 6.92 Å². The van der Waals surface area contributed by atoms with E-state index in [0.29, 0.717) is 6.42 Å². The van der Waals surface area contributed by atoms with Crippen molar-refractivity contribution in [2.24, 2.45) is 5.92 Å². The van der Waals surface area contributed by atoms with Gasteiger partial charge in [0.05, 0.1) is 30.5 Å². The van der Waals surface area contributed by atoms with Crippen molar-refractivity contribution in [3.8, 4) is 0 Å². The summed E-state index contributed by atoms with van der Waals surface area (Å²) in [5.74, 6) is -0.844. The number of hydrogen-bond acceptors (Lipinski definition) is 5. The summed E-state index contributed by atoms with van der Waals surface area (Å²) in [5.41, 5.74) is -0.453. The summed E-state index contributed by atoms with van der Waals surface area (Å²) < 4.78 is 5.07. The molecule has 9 nitrogen and oxygen atoms in total. The van der Waals surface area contributed by atoms with Gasteiger partial charge < -0.3 is 20.7 Å². The van der Waals surface area contributed by atoms with Gasteiger partial charge in [-0.2, -0.15) is 0 Å². The summed E-state index contributed by atoms with van der Waals surface area (Å²) >= 11 is 0. The summed E-state index contributed by atoms with van der Waals surface area (Å²) in [6.45, 7) is 5.31. The molecule has 3 N–H and O–H groups in total. The molecule has 0 aromatic rings. The van der Waals surface area contributed by atoms with Crippen molar-refractivity contribution in [3.05, 3.63) is 11.3 Å². The average molecular weight is 378 g/mol. The van der Waals surface area contributed by atoms with E-state index in [4.69, 9.17) is 4.74 Å². The second kappa shape index (κ2) is 7.21. The van der Waals surface area contributed by atoms with Crippen molar-refractivity contribution < 1.29 is 23.9 Å². The van der Waals surface area contributed by atoms with E-state index in [1.165, 1.54) is 0 Å². The molecule has 1 saturated carbocycles. The highest BCUT2D eigenvalue weighted by Gasteiger charge is 2.55. The van der Waals surface area contributed by atoms with Gasteiger partial charge in [0, 0.05) is 0 Å². The lowest BCUT2D eigenvalue weighted by Crippen LogP contribution is -2.54. The van der Waals surface area contributed by atoms with Gasteiger partial charge in [-0.15, -0.1) is 0 Å². The molecule has 2 aliphatic heterocycles. The Labute approximate surface area is 157 Å². The first-order valence-electron chi connectivity index (χ1n) is 9.42. The van der Waals surface area contributed by atoms with Crippen LogP contribution in [-0.4, -0.2) is 53.6 Å². The fraction of sp³-hybridized carbons (Fsp3) is 0.667. The molecular weight excluding hydrogens is 352 g/mol. The van der Waals surface area contributed by atoms with Crippen LogP contribution in [-0.2, 0) is 14.3 Å². The number of rotatable bonds is 4. The quantitative estimate of drug-likeness (QED) is 0.498. The van der Waals surface area contributed by atoms with E-state index in [0.717, 1.165) is 24.2 Å². The first kappa shape index (κ1) is 19.2. The smallest absolute Gasteiger partial charge is 0.337 e. The van der Waals surface area contributed by atoms with Crippen LogP contribution < -0.4 is 16.0 Å². The summed E-state index contributed by atoms with van der Waals surface area (Å²) in [6.07, 6.45) is 3.37. The van der Waals surface area contributed by atoms with E-state index in [2.05, 4.69) is 16.0 Å². The first-order chi connectivity index (χ1) is 12.8. The number of ether oxygens (including phenoxy) is 1. The first-order valence-corrected chi connectivity index (χ1v) is 9.42. The maximum Gasteiger partial charge on any atom is 0.337 e. The molecule has 0 bridgehead atoms. The highest BCUT2D eigenvalue weighted by molar-refractivity contribution is 6.07. The van der Waals surface area contributed by atoms with Crippen LogP contribution >= 0.6 is 0 Å². The van der Waals surface area contributed by atoms with E-state index in [9.17, 15) is 19.2 Å². The minimum absolute atomic E-state index is 0.0349. The number of carbonyl (C=O) groups excluding carboxylic acids is 4. The van der Waals surface area contributed by atoms with Crippen molar-refractivity contribution in [1.29, 1.82) is 0 Å². The number of esters is 1. The van der Waals surface area contributed by atoms with E-state index in [-0.39, 0.29) is 36.2 Å². The normalized spacial score (nSPS) is 30.9. The van der Waals surface area contributed by atoms with Crippen LogP contribution in [0.5, 0.6) is 0 Å². The Morgan fingerprint density at radius 3 is 2.67 bits per heavy atom. The Hall–Kier alpha value is -2.58. The molecule has 148 valence electrons. The Morgan fingerprint density at radius 2 is 2.00 bits per heavy atom. The lowest BCUT2D eigenvalue weighted by atomic mass is 9.73. The third-order valence-corrected chi connectivity index (χ3v) is 5.68. The molecule has 1 aliphatic carbocycles. The fourth-order valence-corrected chi connectivity index (χ4v) is 4.20.